The highest BCUT2D eigenvalue weighted by atomic mass is 16.7. The first-order valence-electron chi connectivity index (χ1n) is 11.0. The molecule has 0 saturated carbocycles. The molecule has 0 aromatic heterocycles. The van der Waals surface area contributed by atoms with Gasteiger partial charge in [-0.1, -0.05) is 24.6 Å². The van der Waals surface area contributed by atoms with Gasteiger partial charge in [-0.2, -0.15) is 0 Å². The zero-order valence-corrected chi connectivity index (χ0v) is 17.1. The zero-order valence-electron chi connectivity index (χ0n) is 17.1. The van der Waals surface area contributed by atoms with Gasteiger partial charge in [-0.15, -0.1) is 0 Å². The molecule has 1 fully saturated rings. The molecule has 6 rings (SSSR count). The van der Waals surface area contributed by atoms with Crippen LogP contribution in [0, 0.1) is 0 Å². The lowest BCUT2D eigenvalue weighted by Crippen LogP contribution is -2.43. The number of piperidine rings is 1. The van der Waals surface area contributed by atoms with E-state index in [4.69, 9.17) is 14.2 Å². The highest BCUT2D eigenvalue weighted by Crippen LogP contribution is 2.54. The predicted molar refractivity (Wildman–Crippen MR) is 113 cm³/mol. The first-order chi connectivity index (χ1) is 14.8. The number of anilines is 1. The Bertz CT molecular complexity index is 1000. The Morgan fingerprint density at radius 2 is 1.67 bits per heavy atom. The van der Waals surface area contributed by atoms with Gasteiger partial charge in [-0.3, -0.25) is 4.79 Å². The Hall–Kier alpha value is -2.73. The Kier molecular flexibility index (Phi) is 4.16. The number of carbonyl (C=O) groups excluding carboxylic acids is 1. The van der Waals surface area contributed by atoms with Crippen molar-refractivity contribution in [2.45, 2.75) is 31.1 Å². The third-order valence-electron chi connectivity index (χ3n) is 6.95. The van der Waals surface area contributed by atoms with Crippen LogP contribution in [0.2, 0.25) is 0 Å². The lowest BCUT2D eigenvalue weighted by molar-refractivity contribution is -0.122. The number of fused-ring (bicyclic) bond motifs is 5. The molecule has 156 valence electrons. The Morgan fingerprint density at radius 1 is 0.867 bits per heavy atom. The molecular weight excluding hydrogens is 380 g/mol. The summed E-state index contributed by atoms with van der Waals surface area (Å²) in [5.41, 5.74) is 2.14. The lowest BCUT2D eigenvalue weighted by Gasteiger charge is -2.28. The first-order valence-corrected chi connectivity index (χ1v) is 11.0. The van der Waals surface area contributed by atoms with Gasteiger partial charge >= 0.3 is 0 Å². The maximum absolute atomic E-state index is 13.9. The van der Waals surface area contributed by atoms with Crippen LogP contribution in [0.3, 0.4) is 0 Å². The van der Waals surface area contributed by atoms with Crippen LogP contribution >= 0.6 is 0 Å². The summed E-state index contributed by atoms with van der Waals surface area (Å²) >= 11 is 0. The molecular formula is C24H26N2O4. The second-order valence-electron chi connectivity index (χ2n) is 8.63. The monoisotopic (exact) mass is 406 g/mol. The third kappa shape index (κ3) is 2.56. The van der Waals surface area contributed by atoms with E-state index in [0.717, 1.165) is 42.1 Å². The smallest absolute Gasteiger partial charge is 0.245 e. The van der Waals surface area contributed by atoms with E-state index < -0.39 is 5.41 Å². The van der Waals surface area contributed by atoms with Gasteiger partial charge in [-0.05, 0) is 56.6 Å². The third-order valence-corrected chi connectivity index (χ3v) is 6.95. The summed E-state index contributed by atoms with van der Waals surface area (Å²) in [5, 5.41) is 0. The van der Waals surface area contributed by atoms with Crippen molar-refractivity contribution in [3.63, 3.8) is 0 Å². The maximum atomic E-state index is 13.9. The second kappa shape index (κ2) is 6.91. The average Bonchev–Trinajstić information content (AvgIpc) is 3.45. The lowest BCUT2D eigenvalue weighted by atomic mass is 9.77. The maximum Gasteiger partial charge on any atom is 0.245 e. The number of amides is 1. The molecule has 4 aliphatic rings. The second-order valence-corrected chi connectivity index (χ2v) is 8.63. The van der Waals surface area contributed by atoms with Gasteiger partial charge in [-0.25, -0.2) is 0 Å². The fraction of sp³-hybridized carbons (Fsp3) is 0.458. The summed E-state index contributed by atoms with van der Waals surface area (Å²) in [6.45, 7) is 4.67. The fourth-order valence-corrected chi connectivity index (χ4v) is 5.42. The van der Waals surface area contributed by atoms with Crippen molar-refractivity contribution >= 4 is 11.6 Å². The van der Waals surface area contributed by atoms with Crippen LogP contribution in [0.15, 0.2) is 36.4 Å². The van der Waals surface area contributed by atoms with Crippen LogP contribution in [-0.4, -0.2) is 50.4 Å². The molecule has 0 N–H and O–H groups in total. The molecule has 1 saturated heterocycles. The Morgan fingerprint density at radius 3 is 2.53 bits per heavy atom. The Balaban J connectivity index is 1.32. The number of hydrogen-bond acceptors (Lipinski definition) is 5. The van der Waals surface area contributed by atoms with E-state index in [1.807, 2.05) is 29.2 Å². The van der Waals surface area contributed by atoms with Gasteiger partial charge in [0, 0.05) is 23.9 Å². The van der Waals surface area contributed by atoms with Crippen molar-refractivity contribution in [2.75, 3.05) is 44.5 Å². The van der Waals surface area contributed by atoms with Gasteiger partial charge in [0.05, 0.1) is 0 Å². The number of benzene rings is 2. The van der Waals surface area contributed by atoms with E-state index >= 15 is 0 Å². The van der Waals surface area contributed by atoms with Crippen molar-refractivity contribution in [2.24, 2.45) is 0 Å². The molecule has 1 unspecified atom stereocenters. The van der Waals surface area contributed by atoms with Crippen LogP contribution in [0.5, 0.6) is 17.2 Å². The molecule has 2 aromatic rings. The Labute approximate surface area is 176 Å². The van der Waals surface area contributed by atoms with Crippen LogP contribution in [-0.2, 0) is 10.2 Å². The van der Waals surface area contributed by atoms with Crippen molar-refractivity contribution in [1.29, 1.82) is 0 Å². The van der Waals surface area contributed by atoms with Crippen molar-refractivity contribution in [1.82, 2.24) is 4.90 Å². The largest absolute Gasteiger partial charge is 0.491 e. The van der Waals surface area contributed by atoms with Gasteiger partial charge in [0.2, 0.25) is 12.7 Å². The molecule has 2 aromatic carbocycles. The molecule has 0 aliphatic carbocycles. The SMILES string of the molecule is O=C1N(CCCN2CCCCC2)c2ccccc2C12COc1cc3c(cc12)OCO3. The summed E-state index contributed by atoms with van der Waals surface area (Å²) in [5.74, 6) is 2.20. The van der Waals surface area contributed by atoms with E-state index in [1.54, 1.807) is 0 Å². The van der Waals surface area contributed by atoms with Crippen LogP contribution in [0.4, 0.5) is 5.69 Å². The normalized spacial score (nSPS) is 24.3. The fourth-order valence-electron chi connectivity index (χ4n) is 5.42. The molecule has 6 nitrogen and oxygen atoms in total. The molecule has 1 atom stereocenters. The number of para-hydroxylation sites is 1. The summed E-state index contributed by atoms with van der Waals surface area (Å²) < 4.78 is 17.1. The molecule has 6 heteroatoms. The molecule has 0 bridgehead atoms. The van der Waals surface area contributed by atoms with E-state index in [2.05, 4.69) is 17.0 Å². The van der Waals surface area contributed by atoms with Crippen LogP contribution in [0.25, 0.3) is 0 Å². The average molecular weight is 406 g/mol. The number of nitrogens with zero attached hydrogens (tertiary/aromatic N) is 2. The molecule has 30 heavy (non-hydrogen) atoms. The summed E-state index contributed by atoms with van der Waals surface area (Å²) in [4.78, 5) is 18.4. The highest BCUT2D eigenvalue weighted by Gasteiger charge is 2.57. The van der Waals surface area contributed by atoms with Gasteiger partial charge in [0.15, 0.2) is 11.5 Å². The quantitative estimate of drug-likeness (QED) is 0.780. The minimum atomic E-state index is -0.794. The molecule has 0 radical (unpaired) electrons. The molecule has 1 spiro atoms. The molecule has 1 amide bonds. The summed E-state index contributed by atoms with van der Waals surface area (Å²) in [6.07, 6.45) is 4.90. The van der Waals surface area contributed by atoms with E-state index in [9.17, 15) is 4.79 Å². The minimum Gasteiger partial charge on any atom is -0.491 e. The van der Waals surface area contributed by atoms with Crippen LogP contribution < -0.4 is 19.1 Å². The summed E-state index contributed by atoms with van der Waals surface area (Å²) in [7, 11) is 0. The first kappa shape index (κ1) is 18.1. The topological polar surface area (TPSA) is 51.2 Å². The summed E-state index contributed by atoms with van der Waals surface area (Å²) in [6, 6.07) is 12.0. The van der Waals surface area contributed by atoms with Crippen molar-refractivity contribution in [3.05, 3.63) is 47.5 Å². The van der Waals surface area contributed by atoms with Crippen molar-refractivity contribution in [3.8, 4) is 17.2 Å². The number of ether oxygens (including phenoxy) is 3. The van der Waals surface area contributed by atoms with Crippen LogP contribution in [0.1, 0.15) is 36.8 Å². The predicted octanol–water partition coefficient (Wildman–Crippen LogP) is 3.32. The van der Waals surface area contributed by atoms with E-state index in [-0.39, 0.29) is 12.7 Å². The van der Waals surface area contributed by atoms with Gasteiger partial charge < -0.3 is 24.0 Å². The molecule has 4 aliphatic heterocycles. The van der Waals surface area contributed by atoms with Gasteiger partial charge in [0.1, 0.15) is 17.8 Å². The van der Waals surface area contributed by atoms with Crippen molar-refractivity contribution < 1.29 is 19.0 Å². The number of rotatable bonds is 4. The molecule has 4 heterocycles. The van der Waals surface area contributed by atoms with Gasteiger partial charge in [0.25, 0.3) is 0 Å². The van der Waals surface area contributed by atoms with E-state index in [0.29, 0.717) is 18.1 Å². The zero-order chi connectivity index (χ0) is 20.1. The number of hydrogen-bond donors (Lipinski definition) is 0. The standard InChI is InChI=1S/C24H26N2O4/c27-23-24(15-28-20-14-22-21(13-18(20)24)29-16-30-22)17-7-2-3-8-19(17)26(23)12-6-11-25-9-4-1-5-10-25/h2-3,7-8,13-14H,1,4-6,9-12,15-16H2. The minimum absolute atomic E-state index is 0.111. The number of carbonyl (C=O) groups is 1. The van der Waals surface area contributed by atoms with E-state index in [1.165, 1.54) is 32.4 Å². The highest BCUT2D eigenvalue weighted by molar-refractivity contribution is 6.11. The number of likely N-dealkylation sites (tertiary alicyclic amines) is 1.